The molecule has 1 aliphatic carbocycles. The first-order chi connectivity index (χ1) is 24.1. The van der Waals surface area contributed by atoms with E-state index in [1.165, 1.54) is 21.3 Å². The Balaban J connectivity index is 1.26. The highest BCUT2D eigenvalue weighted by Gasteiger charge is 2.41. The van der Waals surface area contributed by atoms with Gasteiger partial charge in [0.15, 0.2) is 34.5 Å². The lowest BCUT2D eigenvalue weighted by Crippen LogP contribution is -2.36. The molecule has 2 atom stereocenters. The Kier molecular flexibility index (Phi) is 8.73. The van der Waals surface area contributed by atoms with Crippen LogP contribution in [-0.4, -0.2) is 87.9 Å². The topological polar surface area (TPSA) is 123 Å². The third-order valence-corrected chi connectivity index (χ3v) is 10.7. The van der Waals surface area contributed by atoms with Crippen molar-refractivity contribution in [1.82, 2.24) is 9.80 Å². The second-order valence-corrected chi connectivity index (χ2v) is 13.1. The second kappa shape index (κ2) is 13.0. The molecule has 2 aliphatic heterocycles. The van der Waals surface area contributed by atoms with Crippen molar-refractivity contribution >= 4 is 0 Å². The van der Waals surface area contributed by atoms with Crippen molar-refractivity contribution in [2.75, 3.05) is 62.7 Å². The molecule has 0 fully saturated rings. The van der Waals surface area contributed by atoms with Gasteiger partial charge in [0, 0.05) is 47.4 Å². The van der Waals surface area contributed by atoms with Crippen LogP contribution in [0, 0.1) is 0 Å². The third kappa shape index (κ3) is 5.18. The summed E-state index contributed by atoms with van der Waals surface area (Å²) in [6.07, 6.45) is 2.60. The number of fused-ring (bicyclic) bond motifs is 3. The fraction of sp³-hybridized carbons (Fsp3) is 0.385. The Morgan fingerprint density at radius 3 is 1.96 bits per heavy atom. The van der Waals surface area contributed by atoms with Crippen LogP contribution in [0.2, 0.25) is 0 Å². The molecule has 4 aromatic carbocycles. The molecule has 0 saturated carbocycles. The average Bonchev–Trinajstić information content (AvgIpc) is 3.12. The van der Waals surface area contributed by atoms with Gasteiger partial charge < -0.3 is 43.7 Å². The van der Waals surface area contributed by atoms with Crippen molar-refractivity contribution in [3.8, 4) is 68.6 Å². The summed E-state index contributed by atoms with van der Waals surface area (Å²) in [6, 6.07) is 11.5. The van der Waals surface area contributed by atoms with Gasteiger partial charge in [-0.1, -0.05) is 12.1 Å². The lowest BCUT2D eigenvalue weighted by molar-refractivity contribution is 0.221. The quantitative estimate of drug-likeness (QED) is 0.188. The van der Waals surface area contributed by atoms with Crippen molar-refractivity contribution in [2.45, 2.75) is 37.8 Å². The molecule has 50 heavy (non-hydrogen) atoms. The van der Waals surface area contributed by atoms with Crippen LogP contribution < -0.4 is 28.4 Å². The fourth-order valence-electron chi connectivity index (χ4n) is 8.08. The van der Waals surface area contributed by atoms with Gasteiger partial charge in [0.25, 0.3) is 0 Å². The molecule has 3 N–H and O–H groups in total. The first-order valence-electron chi connectivity index (χ1n) is 16.7. The van der Waals surface area contributed by atoms with Crippen molar-refractivity contribution in [2.24, 2.45) is 0 Å². The summed E-state index contributed by atoms with van der Waals surface area (Å²) in [5.41, 5.74) is 7.20. The predicted molar refractivity (Wildman–Crippen MR) is 188 cm³/mol. The van der Waals surface area contributed by atoms with Crippen LogP contribution in [0.25, 0.3) is 11.1 Å². The second-order valence-electron chi connectivity index (χ2n) is 13.1. The number of hydrogen-bond donors (Lipinski definition) is 3. The number of phenolic OH excluding ortho intramolecular Hbond substituents is 3. The average molecular weight is 685 g/mol. The van der Waals surface area contributed by atoms with E-state index in [0.717, 1.165) is 57.6 Å². The molecule has 0 spiro atoms. The summed E-state index contributed by atoms with van der Waals surface area (Å²) in [5.74, 6) is 2.83. The number of hydrogen-bond acceptors (Lipinski definition) is 11. The molecule has 4 aromatic rings. The minimum Gasteiger partial charge on any atom is -0.504 e. The largest absolute Gasteiger partial charge is 0.504 e. The van der Waals surface area contributed by atoms with Crippen LogP contribution in [0.1, 0.15) is 45.5 Å². The van der Waals surface area contributed by atoms with E-state index in [9.17, 15) is 15.3 Å². The number of nitrogens with zero attached hydrogens (tertiary/aromatic N) is 2. The van der Waals surface area contributed by atoms with Gasteiger partial charge in [0.1, 0.15) is 5.75 Å². The monoisotopic (exact) mass is 684 g/mol. The van der Waals surface area contributed by atoms with Gasteiger partial charge in [0.2, 0.25) is 17.2 Å². The lowest BCUT2D eigenvalue weighted by Gasteiger charge is -2.41. The maximum atomic E-state index is 11.5. The van der Waals surface area contributed by atoms with Crippen molar-refractivity contribution in [3.63, 3.8) is 0 Å². The molecule has 0 radical (unpaired) electrons. The Morgan fingerprint density at radius 2 is 1.30 bits per heavy atom. The number of likely N-dealkylation sites (N-methyl/N-ethyl adjacent to an activating group) is 2. The number of rotatable bonds is 9. The van der Waals surface area contributed by atoms with Crippen LogP contribution >= 0.6 is 0 Å². The zero-order valence-electron chi connectivity index (χ0n) is 29.5. The smallest absolute Gasteiger partial charge is 0.204 e. The minimum absolute atomic E-state index is 0.00882. The number of ether oxygens (including phenoxy) is 6. The lowest BCUT2D eigenvalue weighted by atomic mass is 9.75. The van der Waals surface area contributed by atoms with E-state index in [2.05, 4.69) is 23.9 Å². The Hall–Kier alpha value is -5.00. The molecule has 0 unspecified atom stereocenters. The van der Waals surface area contributed by atoms with E-state index < -0.39 is 0 Å². The molecule has 0 aromatic heterocycles. The number of aromatic hydroxyl groups is 3. The molecule has 11 heteroatoms. The van der Waals surface area contributed by atoms with Crippen LogP contribution in [0.4, 0.5) is 0 Å². The fourth-order valence-corrected chi connectivity index (χ4v) is 8.08. The van der Waals surface area contributed by atoms with E-state index >= 15 is 0 Å². The molecular weight excluding hydrogens is 640 g/mol. The van der Waals surface area contributed by atoms with Gasteiger partial charge in [-0.3, -0.25) is 9.80 Å². The Morgan fingerprint density at radius 1 is 0.660 bits per heavy atom. The molecule has 11 nitrogen and oxygen atoms in total. The third-order valence-electron chi connectivity index (χ3n) is 10.7. The van der Waals surface area contributed by atoms with E-state index in [0.29, 0.717) is 54.4 Å². The summed E-state index contributed by atoms with van der Waals surface area (Å²) < 4.78 is 34.8. The number of benzene rings is 4. The highest BCUT2D eigenvalue weighted by atomic mass is 16.5. The standard InChI is InChI=1S/C39H44N2O9/c1-40-14-12-22-24(18-30(46-4)37(47-5)33(22)42)27(40)16-20-8-10-21(11-9-20)50-36-26-17-28-31-23(13-15-41(28)2)34(43)39(49-7)38(48-6)32(31)25(26)19-29(45-3)35(36)44/h8-11,18-19,27-28,42-44H,12-17H2,1-7H3/t27-,28-/m0/s1. The van der Waals surface area contributed by atoms with Gasteiger partial charge in [-0.15, -0.1) is 0 Å². The van der Waals surface area contributed by atoms with Crippen LogP contribution in [0.3, 0.4) is 0 Å². The first-order valence-corrected chi connectivity index (χ1v) is 16.7. The molecule has 264 valence electrons. The Bertz CT molecular complexity index is 1960. The molecule has 2 heterocycles. The molecule has 7 rings (SSSR count). The number of phenols is 3. The Labute approximate surface area is 292 Å². The minimum atomic E-state index is -0.0909. The van der Waals surface area contributed by atoms with Gasteiger partial charge in [-0.25, -0.2) is 0 Å². The highest BCUT2D eigenvalue weighted by molar-refractivity contribution is 5.89. The molecule has 3 aliphatic rings. The normalized spacial score (nSPS) is 18.1. The molecule has 0 amide bonds. The summed E-state index contributed by atoms with van der Waals surface area (Å²) in [6.45, 7) is 1.54. The summed E-state index contributed by atoms with van der Waals surface area (Å²) >= 11 is 0. The summed E-state index contributed by atoms with van der Waals surface area (Å²) in [4.78, 5) is 4.54. The maximum absolute atomic E-state index is 11.5. The highest BCUT2D eigenvalue weighted by Crippen LogP contribution is 2.60. The van der Waals surface area contributed by atoms with Crippen molar-refractivity contribution < 1.29 is 43.7 Å². The van der Waals surface area contributed by atoms with E-state index in [4.69, 9.17) is 28.4 Å². The van der Waals surface area contributed by atoms with Crippen LogP contribution in [0.15, 0.2) is 36.4 Å². The van der Waals surface area contributed by atoms with E-state index in [1.54, 1.807) is 20.3 Å². The van der Waals surface area contributed by atoms with Gasteiger partial charge in [-0.2, -0.15) is 0 Å². The van der Waals surface area contributed by atoms with Gasteiger partial charge >= 0.3 is 0 Å². The van der Waals surface area contributed by atoms with Crippen LogP contribution in [0.5, 0.6) is 57.5 Å². The SMILES string of the molecule is COc1cc2c(c(Oc3ccc(C[C@H]4c5cc(OC)c(OC)c(O)c5CCN4C)cc3)c1O)C[C@H]1c3c(c(O)c(OC)c(OC)c3-2)CCN1C. The van der Waals surface area contributed by atoms with E-state index in [1.807, 2.05) is 30.3 Å². The molecule has 0 bridgehead atoms. The van der Waals surface area contributed by atoms with E-state index in [-0.39, 0.29) is 40.8 Å². The van der Waals surface area contributed by atoms with Gasteiger partial charge in [-0.05, 0) is 86.3 Å². The first kappa shape index (κ1) is 33.5. The molecule has 0 saturated heterocycles. The zero-order valence-corrected chi connectivity index (χ0v) is 29.5. The molecular formula is C39H44N2O9. The van der Waals surface area contributed by atoms with Gasteiger partial charge in [0.05, 0.1) is 35.5 Å². The maximum Gasteiger partial charge on any atom is 0.204 e. The van der Waals surface area contributed by atoms with Crippen molar-refractivity contribution in [3.05, 3.63) is 69.8 Å². The predicted octanol–water partition coefficient (Wildman–Crippen LogP) is 6.16. The summed E-state index contributed by atoms with van der Waals surface area (Å²) in [7, 11) is 11.8. The summed E-state index contributed by atoms with van der Waals surface area (Å²) in [5, 5.41) is 33.8. The van der Waals surface area contributed by atoms with Crippen molar-refractivity contribution in [1.29, 1.82) is 0 Å². The zero-order chi connectivity index (χ0) is 35.4. The van der Waals surface area contributed by atoms with Crippen LogP contribution in [-0.2, 0) is 25.7 Å². The number of methoxy groups -OCH3 is 5.